The number of ether oxygens (including phenoxy) is 1. The number of para-hydroxylation sites is 1. The van der Waals surface area contributed by atoms with Gasteiger partial charge in [-0.1, -0.05) is 18.2 Å². The molecule has 0 aliphatic carbocycles. The van der Waals surface area contributed by atoms with Crippen molar-refractivity contribution in [1.82, 2.24) is 9.62 Å². The van der Waals surface area contributed by atoms with Crippen molar-refractivity contribution in [2.45, 2.75) is 64.0 Å². The molecular weight excluding hydrogens is 364 g/mol. The zero-order chi connectivity index (χ0) is 19.7. The summed E-state index contributed by atoms with van der Waals surface area (Å²) in [6, 6.07) is 8.03. The monoisotopic (exact) mass is 394 g/mol. The quantitative estimate of drug-likeness (QED) is 0.833. The van der Waals surface area contributed by atoms with Gasteiger partial charge >= 0.3 is 0 Å². The fourth-order valence-electron chi connectivity index (χ4n) is 4.19. The van der Waals surface area contributed by atoms with Crippen LogP contribution in [0.15, 0.2) is 24.3 Å². The lowest BCUT2D eigenvalue weighted by Gasteiger charge is -2.46. The number of carbonyl (C=O) groups excluding carboxylic acids is 1. The molecule has 0 aromatic heterocycles. The Morgan fingerprint density at radius 3 is 2.59 bits per heavy atom. The summed E-state index contributed by atoms with van der Waals surface area (Å²) in [5.41, 5.74) is 0.683. The van der Waals surface area contributed by atoms with Crippen molar-refractivity contribution in [3.05, 3.63) is 29.8 Å². The first kappa shape index (κ1) is 20.1. The summed E-state index contributed by atoms with van der Waals surface area (Å²) in [5.74, 6) is 1.09. The molecule has 6 nitrogen and oxygen atoms in total. The molecule has 0 saturated carbocycles. The normalized spacial score (nSPS) is 22.3. The largest absolute Gasteiger partial charge is 0.487 e. The first-order chi connectivity index (χ1) is 12.7. The van der Waals surface area contributed by atoms with E-state index in [1.807, 2.05) is 38.1 Å². The highest BCUT2D eigenvalue weighted by atomic mass is 32.2. The Morgan fingerprint density at radius 1 is 1.30 bits per heavy atom. The van der Waals surface area contributed by atoms with E-state index >= 15 is 0 Å². The van der Waals surface area contributed by atoms with Gasteiger partial charge in [0.05, 0.1) is 5.75 Å². The highest BCUT2D eigenvalue weighted by Gasteiger charge is 2.45. The number of benzene rings is 1. The van der Waals surface area contributed by atoms with Gasteiger partial charge in [-0.25, -0.2) is 12.7 Å². The summed E-state index contributed by atoms with van der Waals surface area (Å²) in [6.07, 6.45) is 2.48. The zero-order valence-corrected chi connectivity index (χ0v) is 17.2. The van der Waals surface area contributed by atoms with E-state index in [-0.39, 0.29) is 23.6 Å². The first-order valence-corrected chi connectivity index (χ1v) is 11.4. The van der Waals surface area contributed by atoms with E-state index in [4.69, 9.17) is 4.74 Å². The van der Waals surface area contributed by atoms with E-state index in [9.17, 15) is 13.2 Å². The summed E-state index contributed by atoms with van der Waals surface area (Å²) >= 11 is 0. The van der Waals surface area contributed by atoms with Crippen LogP contribution in [0, 0.1) is 0 Å². The Labute approximate surface area is 162 Å². The lowest BCUT2D eigenvalue weighted by atomic mass is 9.76. The summed E-state index contributed by atoms with van der Waals surface area (Å²) < 4.78 is 32.3. The molecule has 1 atom stereocenters. The molecule has 0 bridgehead atoms. The van der Waals surface area contributed by atoms with Gasteiger partial charge in [-0.15, -0.1) is 0 Å². The predicted molar refractivity (Wildman–Crippen MR) is 105 cm³/mol. The number of nitrogens with one attached hydrogen (secondary N) is 1. The molecule has 1 amide bonds. The van der Waals surface area contributed by atoms with E-state index in [2.05, 4.69) is 5.32 Å². The van der Waals surface area contributed by atoms with Crippen LogP contribution >= 0.6 is 0 Å². The second-order valence-corrected chi connectivity index (χ2v) is 10.2. The highest BCUT2D eigenvalue weighted by molar-refractivity contribution is 7.89. The van der Waals surface area contributed by atoms with Crippen LogP contribution in [0.3, 0.4) is 0 Å². The Bertz CT molecular complexity index is 783. The molecule has 2 aliphatic heterocycles. The Morgan fingerprint density at radius 2 is 1.96 bits per heavy atom. The molecule has 2 aliphatic rings. The van der Waals surface area contributed by atoms with Crippen LogP contribution < -0.4 is 10.1 Å². The van der Waals surface area contributed by atoms with Crippen LogP contribution in [0.25, 0.3) is 0 Å². The van der Waals surface area contributed by atoms with Gasteiger partial charge in [-0.05, 0) is 38.8 Å². The maximum atomic E-state index is 12.4. The maximum absolute atomic E-state index is 12.4. The van der Waals surface area contributed by atoms with Gasteiger partial charge in [0.1, 0.15) is 11.4 Å². The van der Waals surface area contributed by atoms with Crippen molar-refractivity contribution in [2.24, 2.45) is 0 Å². The average molecular weight is 395 g/mol. The minimum atomic E-state index is -3.17. The molecule has 1 unspecified atom stereocenters. The second-order valence-electron chi connectivity index (χ2n) is 7.95. The molecule has 3 rings (SSSR count). The molecule has 1 spiro atoms. The van der Waals surface area contributed by atoms with E-state index in [0.29, 0.717) is 32.4 Å². The van der Waals surface area contributed by atoms with Crippen LogP contribution in [-0.2, 0) is 14.8 Å². The van der Waals surface area contributed by atoms with Crippen molar-refractivity contribution in [3.63, 3.8) is 0 Å². The number of piperidine rings is 1. The van der Waals surface area contributed by atoms with E-state index in [1.165, 1.54) is 0 Å². The molecule has 1 saturated heterocycles. The van der Waals surface area contributed by atoms with Crippen molar-refractivity contribution >= 4 is 15.9 Å². The average Bonchev–Trinajstić information content (AvgIpc) is 2.61. The first-order valence-electron chi connectivity index (χ1n) is 9.80. The molecular formula is C20H30N2O4S. The Hall–Kier alpha value is -1.60. The number of nitrogens with zero attached hydrogens (tertiary/aromatic N) is 1. The van der Waals surface area contributed by atoms with Crippen LogP contribution in [0.2, 0.25) is 0 Å². The highest BCUT2D eigenvalue weighted by Crippen LogP contribution is 2.46. The fourth-order valence-corrected chi connectivity index (χ4v) is 5.30. The van der Waals surface area contributed by atoms with Crippen LogP contribution in [0.4, 0.5) is 0 Å². The van der Waals surface area contributed by atoms with Gasteiger partial charge in [-0.3, -0.25) is 4.79 Å². The molecule has 1 fully saturated rings. The standard InChI is InChI=1S/C20H30N2O4S/c1-4-27(24,25)22-11-9-20(10-12-22)14-16(13-19(23)21-15(2)3)17-7-5-6-8-18(17)26-20/h5-8,15-16H,4,9-14H2,1-3H3,(H,21,23). The van der Waals surface area contributed by atoms with E-state index < -0.39 is 15.6 Å². The van der Waals surface area contributed by atoms with Crippen LogP contribution in [0.5, 0.6) is 5.75 Å². The van der Waals surface area contributed by atoms with Gasteiger partial charge in [0.15, 0.2) is 0 Å². The number of hydrogen-bond acceptors (Lipinski definition) is 4. The summed E-state index contributed by atoms with van der Waals surface area (Å²) in [4.78, 5) is 12.4. The summed E-state index contributed by atoms with van der Waals surface area (Å²) in [5, 5.41) is 2.98. The molecule has 7 heteroatoms. The summed E-state index contributed by atoms with van der Waals surface area (Å²) in [6.45, 7) is 6.55. The molecule has 1 aromatic carbocycles. The minimum Gasteiger partial charge on any atom is -0.487 e. The lowest BCUT2D eigenvalue weighted by molar-refractivity contribution is -0.122. The Kier molecular flexibility index (Phi) is 5.82. The van der Waals surface area contributed by atoms with Gasteiger partial charge in [0.25, 0.3) is 0 Å². The van der Waals surface area contributed by atoms with Crippen LogP contribution in [-0.4, -0.2) is 49.1 Å². The number of hydrogen-bond donors (Lipinski definition) is 1. The van der Waals surface area contributed by atoms with Gasteiger partial charge in [-0.2, -0.15) is 0 Å². The summed E-state index contributed by atoms with van der Waals surface area (Å²) in [7, 11) is -3.17. The van der Waals surface area contributed by atoms with Crippen molar-refractivity contribution in [3.8, 4) is 5.75 Å². The van der Waals surface area contributed by atoms with Crippen molar-refractivity contribution in [1.29, 1.82) is 0 Å². The maximum Gasteiger partial charge on any atom is 0.220 e. The van der Waals surface area contributed by atoms with Crippen molar-refractivity contribution in [2.75, 3.05) is 18.8 Å². The fraction of sp³-hybridized carbons (Fsp3) is 0.650. The minimum absolute atomic E-state index is 0.0489. The molecule has 2 heterocycles. The third-order valence-electron chi connectivity index (χ3n) is 5.58. The van der Waals surface area contributed by atoms with Gasteiger partial charge < -0.3 is 10.1 Å². The molecule has 0 radical (unpaired) electrons. The predicted octanol–water partition coefficient (Wildman–Crippen LogP) is 2.65. The second kappa shape index (κ2) is 7.80. The van der Waals surface area contributed by atoms with Gasteiger partial charge in [0.2, 0.25) is 15.9 Å². The number of carbonyl (C=O) groups is 1. The van der Waals surface area contributed by atoms with Crippen molar-refractivity contribution < 1.29 is 17.9 Å². The number of sulfonamides is 1. The smallest absolute Gasteiger partial charge is 0.220 e. The number of fused-ring (bicyclic) bond motifs is 1. The zero-order valence-electron chi connectivity index (χ0n) is 16.4. The Balaban J connectivity index is 1.79. The topological polar surface area (TPSA) is 75.7 Å². The molecule has 1 N–H and O–H groups in total. The van der Waals surface area contributed by atoms with E-state index in [0.717, 1.165) is 17.7 Å². The molecule has 1 aromatic rings. The lowest BCUT2D eigenvalue weighted by Crippen LogP contribution is -2.52. The number of rotatable bonds is 5. The van der Waals surface area contributed by atoms with E-state index in [1.54, 1.807) is 11.2 Å². The molecule has 27 heavy (non-hydrogen) atoms. The molecule has 150 valence electrons. The third kappa shape index (κ3) is 4.46. The number of amides is 1. The third-order valence-corrected chi connectivity index (χ3v) is 7.46. The SMILES string of the molecule is CCS(=O)(=O)N1CCC2(CC1)CC(CC(=O)NC(C)C)c1ccccc1O2. The van der Waals surface area contributed by atoms with Gasteiger partial charge in [0, 0.05) is 44.3 Å². The van der Waals surface area contributed by atoms with Crippen LogP contribution in [0.1, 0.15) is 57.9 Å².